The summed E-state index contributed by atoms with van der Waals surface area (Å²) >= 11 is 0. The molecule has 7 heteroatoms. The van der Waals surface area contributed by atoms with Crippen molar-refractivity contribution < 1.29 is 9.59 Å². The first kappa shape index (κ1) is 14.5. The molecule has 0 aliphatic carbocycles. The van der Waals surface area contributed by atoms with E-state index in [1.807, 2.05) is 18.9 Å². The number of aromatic nitrogens is 2. The van der Waals surface area contributed by atoms with Gasteiger partial charge in [0.2, 0.25) is 5.91 Å². The van der Waals surface area contributed by atoms with Gasteiger partial charge in [-0.2, -0.15) is 0 Å². The van der Waals surface area contributed by atoms with Crippen molar-refractivity contribution in [2.45, 2.75) is 25.8 Å². The number of nitrogens with one attached hydrogen (secondary N) is 1. The number of nitrogens with two attached hydrogens (primary N) is 1. The fourth-order valence-corrected chi connectivity index (χ4v) is 2.58. The van der Waals surface area contributed by atoms with Crippen LogP contribution in [0, 0.1) is 6.92 Å². The van der Waals surface area contributed by atoms with Crippen molar-refractivity contribution in [3.05, 3.63) is 17.7 Å². The summed E-state index contributed by atoms with van der Waals surface area (Å²) in [5.74, 6) is -0.395. The highest BCUT2D eigenvalue weighted by atomic mass is 16.2. The van der Waals surface area contributed by atoms with E-state index in [1.165, 1.54) is 0 Å². The lowest BCUT2D eigenvalue weighted by Crippen LogP contribution is -2.47. The molecule has 2 heterocycles. The van der Waals surface area contributed by atoms with Crippen LogP contribution in [0.25, 0.3) is 0 Å². The van der Waals surface area contributed by atoms with Gasteiger partial charge in [0.05, 0.1) is 18.6 Å². The number of rotatable bonds is 4. The smallest absolute Gasteiger partial charge is 0.270 e. The summed E-state index contributed by atoms with van der Waals surface area (Å²) in [4.78, 5) is 29.2. The van der Waals surface area contributed by atoms with Crippen molar-refractivity contribution in [1.29, 1.82) is 0 Å². The van der Waals surface area contributed by atoms with E-state index in [-0.39, 0.29) is 17.9 Å². The first-order valence-electron chi connectivity index (χ1n) is 6.77. The Morgan fingerprint density at radius 2 is 2.10 bits per heavy atom. The van der Waals surface area contributed by atoms with Crippen molar-refractivity contribution in [3.8, 4) is 0 Å². The predicted octanol–water partition coefficient (Wildman–Crippen LogP) is -0.592. The van der Waals surface area contributed by atoms with Crippen LogP contribution in [0.5, 0.6) is 0 Å². The Morgan fingerprint density at radius 1 is 1.45 bits per heavy atom. The number of hydrogen-bond acceptors (Lipinski definition) is 4. The summed E-state index contributed by atoms with van der Waals surface area (Å²) in [6, 6.07) is 0.140. The summed E-state index contributed by atoms with van der Waals surface area (Å²) < 4.78 is 1.73. The maximum absolute atomic E-state index is 12.2. The van der Waals surface area contributed by atoms with Crippen LogP contribution in [0.3, 0.4) is 0 Å². The molecule has 1 aromatic heterocycles. The molecule has 1 fully saturated rings. The lowest BCUT2D eigenvalue weighted by molar-refractivity contribution is -0.119. The fraction of sp³-hybridized carbons (Fsp3) is 0.615. The predicted molar refractivity (Wildman–Crippen MR) is 74.1 cm³/mol. The zero-order valence-electron chi connectivity index (χ0n) is 11.9. The molecule has 2 rings (SSSR count). The molecule has 0 spiro atoms. The van der Waals surface area contributed by atoms with Gasteiger partial charge in [0, 0.05) is 26.2 Å². The van der Waals surface area contributed by atoms with Crippen LogP contribution >= 0.6 is 0 Å². The third-order valence-corrected chi connectivity index (χ3v) is 3.64. The van der Waals surface area contributed by atoms with Crippen molar-refractivity contribution in [3.63, 3.8) is 0 Å². The number of amides is 2. The van der Waals surface area contributed by atoms with Crippen LogP contribution in [0.15, 0.2) is 6.33 Å². The van der Waals surface area contributed by atoms with Crippen LogP contribution in [-0.4, -0.2) is 51.9 Å². The molecule has 3 N–H and O–H groups in total. The molecule has 110 valence electrons. The first-order valence-corrected chi connectivity index (χ1v) is 6.77. The molecule has 2 amide bonds. The molecule has 1 aliphatic rings. The summed E-state index contributed by atoms with van der Waals surface area (Å²) in [7, 11) is 1.81. The standard InChI is InChI=1S/C13H21N5O2/c1-9-12(17(2)8-15-9)13(20)16-10-3-5-18(6-4-10)7-11(14)19/h8,10H,3-7H2,1-2H3,(H2,14,19)(H,16,20). The van der Waals surface area contributed by atoms with Gasteiger partial charge in [0.25, 0.3) is 5.91 Å². The van der Waals surface area contributed by atoms with E-state index in [9.17, 15) is 9.59 Å². The highest BCUT2D eigenvalue weighted by Crippen LogP contribution is 2.12. The number of carbonyl (C=O) groups is 2. The number of imidazole rings is 1. The Kier molecular flexibility index (Phi) is 4.39. The average molecular weight is 279 g/mol. The third-order valence-electron chi connectivity index (χ3n) is 3.64. The van der Waals surface area contributed by atoms with E-state index in [2.05, 4.69) is 10.3 Å². The maximum atomic E-state index is 12.2. The van der Waals surface area contributed by atoms with E-state index in [0.29, 0.717) is 12.2 Å². The molecule has 0 aromatic carbocycles. The normalized spacial score (nSPS) is 17.1. The summed E-state index contributed by atoms with van der Waals surface area (Å²) in [5, 5.41) is 3.03. The minimum Gasteiger partial charge on any atom is -0.369 e. The number of piperidine rings is 1. The SMILES string of the molecule is Cc1ncn(C)c1C(=O)NC1CCN(CC(N)=O)CC1. The number of carbonyl (C=O) groups excluding carboxylic acids is 2. The van der Waals surface area contributed by atoms with E-state index >= 15 is 0 Å². The highest BCUT2D eigenvalue weighted by Gasteiger charge is 2.23. The van der Waals surface area contributed by atoms with Gasteiger partial charge < -0.3 is 15.6 Å². The average Bonchev–Trinajstić information content (AvgIpc) is 2.71. The number of primary amides is 1. The van der Waals surface area contributed by atoms with Gasteiger partial charge in [-0.15, -0.1) is 0 Å². The summed E-state index contributed by atoms with van der Waals surface area (Å²) in [6.07, 6.45) is 3.30. The van der Waals surface area contributed by atoms with Gasteiger partial charge >= 0.3 is 0 Å². The van der Waals surface area contributed by atoms with Crippen molar-refractivity contribution in [2.75, 3.05) is 19.6 Å². The molecule has 0 unspecified atom stereocenters. The van der Waals surface area contributed by atoms with Crippen LogP contribution in [0.1, 0.15) is 29.0 Å². The quantitative estimate of drug-likeness (QED) is 0.770. The van der Waals surface area contributed by atoms with Gasteiger partial charge in [-0.3, -0.25) is 14.5 Å². The number of hydrogen-bond donors (Lipinski definition) is 2. The molecule has 20 heavy (non-hydrogen) atoms. The topological polar surface area (TPSA) is 93.2 Å². The Labute approximate surface area is 118 Å². The monoisotopic (exact) mass is 279 g/mol. The Balaban J connectivity index is 1.87. The van der Waals surface area contributed by atoms with Crippen molar-refractivity contribution >= 4 is 11.8 Å². The lowest BCUT2D eigenvalue weighted by atomic mass is 10.0. The zero-order chi connectivity index (χ0) is 14.7. The molecule has 0 atom stereocenters. The molecule has 1 saturated heterocycles. The number of aryl methyl sites for hydroxylation is 2. The maximum Gasteiger partial charge on any atom is 0.270 e. The van der Waals surface area contributed by atoms with Gasteiger partial charge in [-0.1, -0.05) is 0 Å². The van der Waals surface area contributed by atoms with E-state index < -0.39 is 0 Å². The summed E-state index contributed by atoms with van der Waals surface area (Å²) in [6.45, 7) is 3.67. The zero-order valence-corrected chi connectivity index (χ0v) is 11.9. The molecule has 1 aliphatic heterocycles. The largest absolute Gasteiger partial charge is 0.369 e. The second-order valence-electron chi connectivity index (χ2n) is 5.28. The fourth-order valence-electron chi connectivity index (χ4n) is 2.58. The summed E-state index contributed by atoms with van der Waals surface area (Å²) in [5.41, 5.74) is 6.51. The lowest BCUT2D eigenvalue weighted by Gasteiger charge is -2.31. The van der Waals surface area contributed by atoms with Gasteiger partial charge in [-0.05, 0) is 19.8 Å². The van der Waals surface area contributed by atoms with Crippen molar-refractivity contribution in [1.82, 2.24) is 19.8 Å². The van der Waals surface area contributed by atoms with Crippen LogP contribution in [0.4, 0.5) is 0 Å². The van der Waals surface area contributed by atoms with Crippen LogP contribution < -0.4 is 11.1 Å². The van der Waals surface area contributed by atoms with Crippen molar-refractivity contribution in [2.24, 2.45) is 12.8 Å². The minimum atomic E-state index is -0.307. The molecule has 7 nitrogen and oxygen atoms in total. The Hall–Kier alpha value is -1.89. The number of nitrogens with zero attached hydrogens (tertiary/aromatic N) is 3. The third kappa shape index (κ3) is 3.36. The van der Waals surface area contributed by atoms with E-state index in [4.69, 9.17) is 5.73 Å². The minimum absolute atomic E-state index is 0.0872. The van der Waals surface area contributed by atoms with E-state index in [0.717, 1.165) is 31.6 Å². The first-order chi connectivity index (χ1) is 9.47. The Morgan fingerprint density at radius 3 is 2.60 bits per heavy atom. The van der Waals surface area contributed by atoms with E-state index in [1.54, 1.807) is 10.9 Å². The highest BCUT2D eigenvalue weighted by molar-refractivity contribution is 5.93. The van der Waals surface area contributed by atoms with Crippen LogP contribution in [0.2, 0.25) is 0 Å². The number of likely N-dealkylation sites (tertiary alicyclic amines) is 1. The molecule has 0 radical (unpaired) electrons. The van der Waals surface area contributed by atoms with Crippen LogP contribution in [-0.2, 0) is 11.8 Å². The Bertz CT molecular complexity index is 483. The van der Waals surface area contributed by atoms with Gasteiger partial charge in [0.1, 0.15) is 5.69 Å². The van der Waals surface area contributed by atoms with Gasteiger partial charge in [-0.25, -0.2) is 4.98 Å². The second kappa shape index (κ2) is 6.04. The molecule has 0 saturated carbocycles. The molecular formula is C13H21N5O2. The van der Waals surface area contributed by atoms with Gasteiger partial charge in [0.15, 0.2) is 0 Å². The molecular weight excluding hydrogens is 258 g/mol. The second-order valence-corrected chi connectivity index (χ2v) is 5.28. The molecule has 1 aromatic rings. The molecule has 0 bridgehead atoms.